The zero-order chi connectivity index (χ0) is 18.1. The summed E-state index contributed by atoms with van der Waals surface area (Å²) in [5.41, 5.74) is 0.116. The third-order valence-corrected chi connectivity index (χ3v) is 7.38. The van der Waals surface area contributed by atoms with Crippen LogP contribution in [0.15, 0.2) is 24.3 Å². The van der Waals surface area contributed by atoms with Crippen LogP contribution in [0.3, 0.4) is 0 Å². The number of benzene rings is 1. The van der Waals surface area contributed by atoms with Crippen LogP contribution in [0, 0.1) is 17.8 Å². The molecule has 5 aliphatic rings. The molecule has 5 nitrogen and oxygen atoms in total. The summed E-state index contributed by atoms with van der Waals surface area (Å²) in [7, 11) is 1.68. The van der Waals surface area contributed by atoms with Crippen LogP contribution >= 0.6 is 0 Å². The van der Waals surface area contributed by atoms with Gasteiger partial charge in [-0.15, -0.1) is 0 Å². The van der Waals surface area contributed by atoms with Crippen molar-refractivity contribution in [2.75, 3.05) is 13.7 Å². The minimum atomic E-state index is -0.463. The molecule has 3 atom stereocenters. The van der Waals surface area contributed by atoms with E-state index >= 15 is 0 Å². The minimum Gasteiger partial charge on any atom is -0.496 e. The van der Waals surface area contributed by atoms with Crippen LogP contribution in [0.1, 0.15) is 44.6 Å². The Morgan fingerprint density at radius 2 is 1.88 bits per heavy atom. The molecule has 0 aromatic heterocycles. The molecule has 1 aromatic carbocycles. The third-order valence-electron chi connectivity index (χ3n) is 7.38. The van der Waals surface area contributed by atoms with Gasteiger partial charge in [-0.25, -0.2) is 4.79 Å². The molecule has 140 valence electrons. The molecule has 2 N–H and O–H groups in total. The minimum absolute atomic E-state index is 0.0304. The van der Waals surface area contributed by atoms with E-state index in [2.05, 4.69) is 17.1 Å². The fourth-order valence-electron chi connectivity index (χ4n) is 6.72. The first-order valence-electron chi connectivity index (χ1n) is 9.85. The van der Waals surface area contributed by atoms with E-state index in [-0.39, 0.29) is 12.1 Å². The summed E-state index contributed by atoms with van der Waals surface area (Å²) in [4.78, 5) is 15.0. The number of carbonyl (C=O) groups excluding carboxylic acids is 1. The van der Waals surface area contributed by atoms with Crippen LogP contribution in [-0.4, -0.2) is 41.3 Å². The van der Waals surface area contributed by atoms with Gasteiger partial charge in [0, 0.05) is 18.2 Å². The quantitative estimate of drug-likeness (QED) is 0.875. The van der Waals surface area contributed by atoms with Crippen LogP contribution in [0.25, 0.3) is 0 Å². The maximum Gasteiger partial charge on any atom is 0.318 e. The number of urea groups is 1. The summed E-state index contributed by atoms with van der Waals surface area (Å²) >= 11 is 0. The Morgan fingerprint density at radius 3 is 2.54 bits per heavy atom. The second-order valence-corrected chi connectivity index (χ2v) is 9.28. The van der Waals surface area contributed by atoms with Gasteiger partial charge in [0.25, 0.3) is 0 Å². The molecule has 1 saturated heterocycles. The van der Waals surface area contributed by atoms with E-state index in [0.717, 1.165) is 30.6 Å². The van der Waals surface area contributed by atoms with Crippen molar-refractivity contribution in [1.29, 1.82) is 0 Å². The number of methoxy groups -OCH3 is 1. The molecule has 3 unspecified atom stereocenters. The van der Waals surface area contributed by atoms with Crippen molar-refractivity contribution >= 4 is 6.03 Å². The van der Waals surface area contributed by atoms with Crippen LogP contribution in [0.2, 0.25) is 0 Å². The molecule has 4 saturated carbocycles. The first-order valence-corrected chi connectivity index (χ1v) is 9.85. The number of nitrogens with zero attached hydrogens (tertiary/aromatic N) is 1. The van der Waals surface area contributed by atoms with Gasteiger partial charge in [-0.1, -0.05) is 18.2 Å². The fraction of sp³-hybridized carbons (Fsp3) is 0.667. The Kier molecular flexibility index (Phi) is 3.40. The molecule has 1 aromatic rings. The average molecular weight is 356 g/mol. The predicted molar refractivity (Wildman–Crippen MR) is 97.9 cm³/mol. The highest BCUT2D eigenvalue weighted by Crippen LogP contribution is 2.57. The second kappa shape index (κ2) is 5.38. The van der Waals surface area contributed by atoms with Crippen molar-refractivity contribution < 1.29 is 14.6 Å². The van der Waals surface area contributed by atoms with Crippen LogP contribution in [0.4, 0.5) is 4.79 Å². The van der Waals surface area contributed by atoms with Crippen molar-refractivity contribution in [3.63, 3.8) is 0 Å². The Hall–Kier alpha value is -1.75. The van der Waals surface area contributed by atoms with E-state index in [1.807, 2.05) is 24.3 Å². The maximum atomic E-state index is 13.0. The summed E-state index contributed by atoms with van der Waals surface area (Å²) in [5.74, 6) is 2.35. The molecule has 5 fully saturated rings. The van der Waals surface area contributed by atoms with Gasteiger partial charge >= 0.3 is 6.03 Å². The monoisotopic (exact) mass is 356 g/mol. The van der Waals surface area contributed by atoms with Gasteiger partial charge < -0.3 is 20.1 Å². The second-order valence-electron chi connectivity index (χ2n) is 9.28. The fourth-order valence-corrected chi connectivity index (χ4v) is 6.72. The molecule has 1 heterocycles. The van der Waals surface area contributed by atoms with Crippen LogP contribution < -0.4 is 10.1 Å². The number of hydrogen-bond acceptors (Lipinski definition) is 3. The molecule has 6 rings (SSSR count). The largest absolute Gasteiger partial charge is 0.496 e. The Bertz CT molecular complexity index is 735. The van der Waals surface area contributed by atoms with Crippen molar-refractivity contribution in [3.8, 4) is 5.75 Å². The normalized spacial score (nSPS) is 43.7. The molecule has 0 radical (unpaired) electrons. The number of para-hydroxylation sites is 1. The first kappa shape index (κ1) is 16.4. The van der Waals surface area contributed by atoms with Gasteiger partial charge in [0.2, 0.25) is 0 Å². The van der Waals surface area contributed by atoms with E-state index in [1.165, 1.54) is 12.8 Å². The predicted octanol–water partition coefficient (Wildman–Crippen LogP) is 2.88. The lowest BCUT2D eigenvalue weighted by Crippen LogP contribution is -2.62. The molecule has 5 heteroatoms. The van der Waals surface area contributed by atoms with Gasteiger partial charge in [0.05, 0.1) is 18.2 Å². The van der Waals surface area contributed by atoms with Crippen molar-refractivity contribution in [1.82, 2.24) is 10.2 Å². The highest BCUT2D eigenvalue weighted by atomic mass is 16.5. The highest BCUT2D eigenvalue weighted by molar-refractivity contribution is 5.79. The Balaban J connectivity index is 1.44. The van der Waals surface area contributed by atoms with E-state index in [1.54, 1.807) is 7.11 Å². The third kappa shape index (κ3) is 2.29. The van der Waals surface area contributed by atoms with E-state index in [0.29, 0.717) is 24.3 Å². The van der Waals surface area contributed by atoms with Gasteiger partial charge in [-0.05, 0) is 62.8 Å². The highest BCUT2D eigenvalue weighted by Gasteiger charge is 2.58. The molecule has 4 aliphatic carbocycles. The maximum absolute atomic E-state index is 13.0. The van der Waals surface area contributed by atoms with Crippen molar-refractivity contribution in [3.05, 3.63) is 29.8 Å². The van der Waals surface area contributed by atoms with Crippen LogP contribution in [-0.2, 0) is 5.54 Å². The smallest absolute Gasteiger partial charge is 0.318 e. The molecule has 26 heavy (non-hydrogen) atoms. The van der Waals surface area contributed by atoms with E-state index in [9.17, 15) is 9.90 Å². The summed E-state index contributed by atoms with van der Waals surface area (Å²) in [6.45, 7) is 2.75. The van der Waals surface area contributed by atoms with Crippen molar-refractivity contribution in [2.24, 2.45) is 17.8 Å². The van der Waals surface area contributed by atoms with Gasteiger partial charge in [0.15, 0.2) is 0 Å². The Morgan fingerprint density at radius 1 is 1.19 bits per heavy atom. The molecule has 4 bridgehead atoms. The van der Waals surface area contributed by atoms with Gasteiger partial charge in [-0.2, -0.15) is 0 Å². The number of nitrogens with one attached hydrogen (secondary N) is 1. The van der Waals surface area contributed by atoms with Crippen LogP contribution in [0.5, 0.6) is 5.75 Å². The van der Waals surface area contributed by atoms with Crippen molar-refractivity contribution in [2.45, 2.75) is 56.2 Å². The molecular weight excluding hydrogens is 328 g/mol. The summed E-state index contributed by atoms with van der Waals surface area (Å²) in [6, 6.07) is 8.25. The number of amides is 2. The van der Waals surface area contributed by atoms with Gasteiger partial charge in [-0.3, -0.25) is 0 Å². The topological polar surface area (TPSA) is 61.8 Å². The number of hydrogen-bond donors (Lipinski definition) is 2. The number of aliphatic hydroxyl groups is 1. The molecule has 2 amide bonds. The lowest BCUT2D eigenvalue weighted by Gasteiger charge is -2.59. The SMILES string of the molecule is COc1ccccc1C1(C)CN(C2C3CC4CC2CC(O)(C4)C3)C(=O)N1. The van der Waals surface area contributed by atoms with E-state index < -0.39 is 11.1 Å². The molecule has 0 spiro atoms. The zero-order valence-electron chi connectivity index (χ0n) is 15.6. The first-order chi connectivity index (χ1) is 12.4. The Labute approximate surface area is 154 Å². The van der Waals surface area contributed by atoms with Gasteiger partial charge in [0.1, 0.15) is 5.75 Å². The summed E-state index contributed by atoms with van der Waals surface area (Å²) < 4.78 is 5.54. The number of rotatable bonds is 3. The number of carbonyl (C=O) groups is 1. The summed E-state index contributed by atoms with van der Waals surface area (Å²) in [5, 5.41) is 14.1. The lowest BCUT2D eigenvalue weighted by molar-refractivity contribution is -0.152. The number of ether oxygens (including phenoxy) is 1. The summed E-state index contributed by atoms with van der Waals surface area (Å²) in [6.07, 6.45) is 5.02. The average Bonchev–Trinajstić information content (AvgIpc) is 2.88. The van der Waals surface area contributed by atoms with E-state index in [4.69, 9.17) is 4.74 Å². The zero-order valence-corrected chi connectivity index (χ0v) is 15.6. The molecular formula is C21H28N2O3. The standard InChI is InChI=1S/C21H28N2O3/c1-20(16-5-3-4-6-17(16)26-2)12-23(19(24)22-20)18-14-7-13-8-15(18)11-21(25,9-13)10-14/h3-6,13-15,18,25H,7-12H2,1-2H3,(H,22,24). The molecule has 1 aliphatic heterocycles. The lowest BCUT2D eigenvalue weighted by atomic mass is 9.52.